The van der Waals surface area contributed by atoms with Gasteiger partial charge < -0.3 is 19.1 Å². The molecule has 1 atom stereocenters. The second-order valence-electron chi connectivity index (χ2n) is 7.05. The van der Waals surface area contributed by atoms with Crippen molar-refractivity contribution in [2.75, 3.05) is 37.6 Å². The van der Waals surface area contributed by atoms with E-state index in [2.05, 4.69) is 4.90 Å². The summed E-state index contributed by atoms with van der Waals surface area (Å²) in [5.41, 5.74) is 1.08. The first kappa shape index (κ1) is 17.9. The fraction of sp³-hybridized carbons (Fsp3) is 0.400. The number of piperazine rings is 1. The van der Waals surface area contributed by atoms with Crippen LogP contribution in [0.1, 0.15) is 12.2 Å². The van der Waals surface area contributed by atoms with Crippen LogP contribution in [0.2, 0.25) is 5.02 Å². The molecule has 2 aromatic rings. The van der Waals surface area contributed by atoms with Gasteiger partial charge >= 0.3 is 0 Å². The van der Waals surface area contributed by atoms with Gasteiger partial charge in [-0.25, -0.2) is 0 Å². The third-order valence-electron chi connectivity index (χ3n) is 5.26. The van der Waals surface area contributed by atoms with Gasteiger partial charge in [-0.3, -0.25) is 9.59 Å². The number of likely N-dealkylation sites (tertiary alicyclic amines) is 1. The molecule has 1 unspecified atom stereocenters. The van der Waals surface area contributed by atoms with E-state index in [-0.39, 0.29) is 24.2 Å². The number of benzene rings is 1. The minimum absolute atomic E-state index is 0.0160. The van der Waals surface area contributed by atoms with Crippen LogP contribution in [-0.4, -0.2) is 54.3 Å². The Morgan fingerprint density at radius 1 is 1.15 bits per heavy atom. The molecule has 0 aliphatic carbocycles. The summed E-state index contributed by atoms with van der Waals surface area (Å²) in [6.07, 6.45) is 1.88. The molecule has 0 spiro atoms. The largest absolute Gasteiger partial charge is 0.467 e. The monoisotopic (exact) mass is 387 g/mol. The predicted octanol–water partition coefficient (Wildman–Crippen LogP) is 2.63. The van der Waals surface area contributed by atoms with Crippen LogP contribution < -0.4 is 4.90 Å². The molecule has 7 heteroatoms. The molecular formula is C20H22ClN3O3. The quantitative estimate of drug-likeness (QED) is 0.809. The lowest BCUT2D eigenvalue weighted by molar-refractivity contribution is -0.136. The maximum absolute atomic E-state index is 12.9. The molecule has 2 fully saturated rings. The highest BCUT2D eigenvalue weighted by atomic mass is 35.5. The molecule has 2 aliphatic heterocycles. The third-order valence-corrected chi connectivity index (χ3v) is 5.49. The highest BCUT2D eigenvalue weighted by Gasteiger charge is 2.37. The summed E-state index contributed by atoms with van der Waals surface area (Å²) < 4.78 is 5.31. The number of halogens is 1. The number of furan rings is 1. The van der Waals surface area contributed by atoms with Crippen LogP contribution in [0.25, 0.3) is 0 Å². The fourth-order valence-electron chi connectivity index (χ4n) is 3.80. The highest BCUT2D eigenvalue weighted by Crippen LogP contribution is 2.25. The number of carbonyl (C=O) groups excluding carboxylic acids is 2. The lowest BCUT2D eigenvalue weighted by atomic mass is 10.1. The van der Waals surface area contributed by atoms with Gasteiger partial charge in [-0.1, -0.05) is 17.7 Å². The lowest BCUT2D eigenvalue weighted by Crippen LogP contribution is -2.50. The summed E-state index contributed by atoms with van der Waals surface area (Å²) in [6.45, 7) is 3.75. The van der Waals surface area contributed by atoms with Crippen molar-refractivity contribution in [3.05, 3.63) is 53.4 Å². The first-order valence-corrected chi connectivity index (χ1v) is 9.57. The summed E-state index contributed by atoms with van der Waals surface area (Å²) in [4.78, 5) is 31.0. The molecule has 1 aromatic heterocycles. The number of rotatable bonds is 4. The minimum Gasteiger partial charge on any atom is -0.467 e. The van der Waals surface area contributed by atoms with Crippen molar-refractivity contribution in [2.24, 2.45) is 5.92 Å². The molecule has 1 aromatic carbocycles. The third kappa shape index (κ3) is 3.95. The molecule has 0 radical (unpaired) electrons. The van der Waals surface area contributed by atoms with Crippen LogP contribution in [0.4, 0.5) is 5.69 Å². The van der Waals surface area contributed by atoms with E-state index in [1.165, 1.54) is 0 Å². The molecule has 0 N–H and O–H groups in total. The molecule has 3 heterocycles. The van der Waals surface area contributed by atoms with E-state index >= 15 is 0 Å². The van der Waals surface area contributed by atoms with Gasteiger partial charge in [-0.05, 0) is 30.3 Å². The fourth-order valence-corrected chi connectivity index (χ4v) is 3.98. The van der Waals surface area contributed by atoms with E-state index < -0.39 is 0 Å². The second kappa shape index (κ2) is 7.64. The summed E-state index contributed by atoms with van der Waals surface area (Å²) in [7, 11) is 0. The van der Waals surface area contributed by atoms with Crippen molar-refractivity contribution in [2.45, 2.75) is 13.0 Å². The molecule has 27 heavy (non-hydrogen) atoms. The molecule has 4 rings (SSSR count). The summed E-state index contributed by atoms with van der Waals surface area (Å²) in [6, 6.07) is 11.4. The molecule has 142 valence electrons. The molecule has 0 bridgehead atoms. The zero-order chi connectivity index (χ0) is 18.8. The van der Waals surface area contributed by atoms with E-state index in [0.29, 0.717) is 31.2 Å². The number of anilines is 1. The van der Waals surface area contributed by atoms with E-state index in [1.54, 1.807) is 17.2 Å². The van der Waals surface area contributed by atoms with Gasteiger partial charge in [0.25, 0.3) is 0 Å². The maximum atomic E-state index is 12.9. The summed E-state index contributed by atoms with van der Waals surface area (Å²) in [5.74, 6) is 0.579. The predicted molar refractivity (Wildman–Crippen MR) is 102 cm³/mol. The lowest BCUT2D eigenvalue weighted by Gasteiger charge is -2.37. The zero-order valence-electron chi connectivity index (χ0n) is 15.0. The van der Waals surface area contributed by atoms with Crippen LogP contribution >= 0.6 is 11.6 Å². The highest BCUT2D eigenvalue weighted by molar-refractivity contribution is 6.30. The van der Waals surface area contributed by atoms with Crippen LogP contribution in [0.3, 0.4) is 0 Å². The SMILES string of the molecule is O=C1CC(C(=O)N2CCN(c3cccc(Cl)c3)CC2)CN1Cc1ccco1. The van der Waals surface area contributed by atoms with Gasteiger partial charge in [0.2, 0.25) is 11.8 Å². The number of amides is 2. The Labute approximate surface area is 163 Å². The Kier molecular flexibility index (Phi) is 5.07. The Morgan fingerprint density at radius 3 is 2.67 bits per heavy atom. The van der Waals surface area contributed by atoms with Gasteiger partial charge in [-0.15, -0.1) is 0 Å². The number of hydrogen-bond donors (Lipinski definition) is 0. The normalized spacial score (nSPS) is 20.4. The Bertz CT molecular complexity index is 816. The maximum Gasteiger partial charge on any atom is 0.228 e. The van der Waals surface area contributed by atoms with E-state index in [0.717, 1.165) is 24.5 Å². The van der Waals surface area contributed by atoms with Crippen LogP contribution in [-0.2, 0) is 16.1 Å². The first-order valence-electron chi connectivity index (χ1n) is 9.19. The Balaban J connectivity index is 1.32. The molecule has 0 saturated carbocycles. The molecular weight excluding hydrogens is 366 g/mol. The Hall–Kier alpha value is -2.47. The number of nitrogens with zero attached hydrogens (tertiary/aromatic N) is 3. The van der Waals surface area contributed by atoms with Crippen molar-refractivity contribution in [1.29, 1.82) is 0 Å². The van der Waals surface area contributed by atoms with Gasteiger partial charge in [-0.2, -0.15) is 0 Å². The Morgan fingerprint density at radius 2 is 1.96 bits per heavy atom. The standard InChI is InChI=1S/C20H22ClN3O3/c21-16-3-1-4-17(12-16)22-6-8-23(9-7-22)20(26)15-11-19(25)24(13-15)14-18-5-2-10-27-18/h1-5,10,12,15H,6-9,11,13-14H2. The summed E-state index contributed by atoms with van der Waals surface area (Å²) >= 11 is 6.07. The zero-order valence-corrected chi connectivity index (χ0v) is 15.8. The average molecular weight is 388 g/mol. The van der Waals surface area contributed by atoms with Crippen molar-refractivity contribution in [3.63, 3.8) is 0 Å². The van der Waals surface area contributed by atoms with Gasteiger partial charge in [0, 0.05) is 49.9 Å². The van der Waals surface area contributed by atoms with Crippen molar-refractivity contribution >= 4 is 29.1 Å². The van der Waals surface area contributed by atoms with E-state index in [4.69, 9.17) is 16.0 Å². The summed E-state index contributed by atoms with van der Waals surface area (Å²) in [5, 5.41) is 0.715. The number of hydrogen-bond acceptors (Lipinski definition) is 4. The van der Waals surface area contributed by atoms with E-state index in [1.807, 2.05) is 35.2 Å². The van der Waals surface area contributed by atoms with Crippen LogP contribution in [0.5, 0.6) is 0 Å². The average Bonchev–Trinajstić information content (AvgIpc) is 3.32. The van der Waals surface area contributed by atoms with Gasteiger partial charge in [0.1, 0.15) is 5.76 Å². The minimum atomic E-state index is -0.259. The van der Waals surface area contributed by atoms with Crippen LogP contribution in [0, 0.1) is 5.92 Å². The van der Waals surface area contributed by atoms with Crippen LogP contribution in [0.15, 0.2) is 47.1 Å². The van der Waals surface area contributed by atoms with Crippen molar-refractivity contribution in [1.82, 2.24) is 9.80 Å². The first-order chi connectivity index (χ1) is 13.1. The molecule has 2 saturated heterocycles. The van der Waals surface area contributed by atoms with E-state index in [9.17, 15) is 9.59 Å². The van der Waals surface area contributed by atoms with Crippen molar-refractivity contribution < 1.29 is 14.0 Å². The number of carbonyl (C=O) groups is 2. The molecule has 2 aliphatic rings. The van der Waals surface area contributed by atoms with Crippen molar-refractivity contribution in [3.8, 4) is 0 Å². The molecule has 2 amide bonds. The van der Waals surface area contributed by atoms with Gasteiger partial charge in [0.05, 0.1) is 18.7 Å². The second-order valence-corrected chi connectivity index (χ2v) is 7.48. The van der Waals surface area contributed by atoms with Gasteiger partial charge in [0.15, 0.2) is 0 Å². The smallest absolute Gasteiger partial charge is 0.228 e. The topological polar surface area (TPSA) is 57.0 Å². The molecule has 6 nitrogen and oxygen atoms in total.